The van der Waals surface area contributed by atoms with E-state index in [1.807, 2.05) is 13.8 Å². The summed E-state index contributed by atoms with van der Waals surface area (Å²) in [6, 6.07) is 3.27. The molecule has 1 atom stereocenters. The highest BCUT2D eigenvalue weighted by Gasteiger charge is 2.24. The van der Waals surface area contributed by atoms with Crippen molar-refractivity contribution < 1.29 is 13.2 Å². The molecule has 1 aromatic heterocycles. The van der Waals surface area contributed by atoms with Crippen molar-refractivity contribution in [3.8, 4) is 0 Å². The Hall–Kier alpha value is -0.960. The monoisotopic (exact) mass is 345 g/mol. The van der Waals surface area contributed by atoms with E-state index in [9.17, 15) is 13.2 Å². The number of sulfonamides is 1. The Bertz CT molecular complexity index is 603. The van der Waals surface area contributed by atoms with Crippen LogP contribution >= 0.6 is 11.3 Å². The lowest BCUT2D eigenvalue weighted by atomic mass is 10.2. The summed E-state index contributed by atoms with van der Waals surface area (Å²) in [6.45, 7) is 5.81. The van der Waals surface area contributed by atoms with Crippen LogP contribution in [-0.2, 0) is 21.4 Å². The minimum absolute atomic E-state index is 0.0148. The molecular formula is C14H23N3O3S2. The lowest BCUT2D eigenvalue weighted by Gasteiger charge is -2.16. The van der Waals surface area contributed by atoms with Gasteiger partial charge in [0.05, 0.1) is 12.6 Å². The van der Waals surface area contributed by atoms with E-state index >= 15 is 0 Å². The fraction of sp³-hybridized carbons (Fsp3) is 0.643. The minimum atomic E-state index is -3.41. The van der Waals surface area contributed by atoms with Crippen LogP contribution in [0.1, 0.15) is 31.6 Å². The van der Waals surface area contributed by atoms with E-state index in [-0.39, 0.29) is 11.9 Å². The Morgan fingerprint density at radius 1 is 1.41 bits per heavy atom. The van der Waals surface area contributed by atoms with Crippen LogP contribution in [-0.4, -0.2) is 44.3 Å². The van der Waals surface area contributed by atoms with Gasteiger partial charge in [0, 0.05) is 18.0 Å². The average Bonchev–Trinajstić information content (AvgIpc) is 3.17. The third-order valence-electron chi connectivity index (χ3n) is 3.75. The molecule has 1 aliphatic rings. The van der Waals surface area contributed by atoms with Gasteiger partial charge in [0.25, 0.3) is 10.0 Å². The van der Waals surface area contributed by atoms with Gasteiger partial charge in [-0.05, 0) is 31.5 Å². The maximum absolute atomic E-state index is 12.4. The van der Waals surface area contributed by atoms with Crippen molar-refractivity contribution in [1.29, 1.82) is 0 Å². The summed E-state index contributed by atoms with van der Waals surface area (Å²) in [7, 11) is -3.41. The van der Waals surface area contributed by atoms with Crippen molar-refractivity contribution in [2.45, 2.75) is 43.5 Å². The third kappa shape index (κ3) is 3.87. The maximum Gasteiger partial charge on any atom is 0.252 e. The Morgan fingerprint density at radius 3 is 2.73 bits per heavy atom. The van der Waals surface area contributed by atoms with E-state index in [4.69, 9.17) is 0 Å². The second kappa shape index (κ2) is 7.54. The first-order valence-electron chi connectivity index (χ1n) is 7.59. The molecule has 2 N–H and O–H groups in total. The quantitative estimate of drug-likeness (QED) is 0.777. The van der Waals surface area contributed by atoms with Crippen LogP contribution < -0.4 is 10.6 Å². The zero-order chi connectivity index (χ0) is 16.2. The van der Waals surface area contributed by atoms with Crippen LogP contribution in [0.15, 0.2) is 16.3 Å². The number of rotatable bonds is 7. The first-order valence-corrected chi connectivity index (χ1v) is 9.84. The molecule has 124 valence electrons. The van der Waals surface area contributed by atoms with Crippen LogP contribution in [0.4, 0.5) is 0 Å². The predicted octanol–water partition coefficient (Wildman–Crippen LogP) is 1.15. The zero-order valence-corrected chi connectivity index (χ0v) is 14.6. The molecule has 0 bridgehead atoms. The number of hydrogen-bond donors (Lipinski definition) is 2. The highest BCUT2D eigenvalue weighted by atomic mass is 32.2. The van der Waals surface area contributed by atoms with E-state index in [0.29, 0.717) is 23.8 Å². The van der Waals surface area contributed by atoms with Crippen LogP contribution in [0.25, 0.3) is 0 Å². The van der Waals surface area contributed by atoms with Gasteiger partial charge < -0.3 is 10.6 Å². The van der Waals surface area contributed by atoms with E-state index in [2.05, 4.69) is 10.6 Å². The normalized spacial score (nSPS) is 18.8. The lowest BCUT2D eigenvalue weighted by molar-refractivity contribution is -0.122. The molecule has 6 nitrogen and oxygen atoms in total. The average molecular weight is 345 g/mol. The summed E-state index contributed by atoms with van der Waals surface area (Å²) in [5, 5.41) is 6.00. The second-order valence-corrected chi connectivity index (χ2v) is 8.51. The molecule has 1 amide bonds. The van der Waals surface area contributed by atoms with Gasteiger partial charge in [0.15, 0.2) is 0 Å². The number of thiophene rings is 1. The summed E-state index contributed by atoms with van der Waals surface area (Å²) in [5.74, 6) is -0.0148. The van der Waals surface area contributed by atoms with Crippen molar-refractivity contribution in [1.82, 2.24) is 14.9 Å². The van der Waals surface area contributed by atoms with E-state index in [0.717, 1.165) is 24.3 Å². The van der Waals surface area contributed by atoms with Gasteiger partial charge >= 0.3 is 0 Å². The van der Waals surface area contributed by atoms with Gasteiger partial charge in [-0.15, -0.1) is 11.3 Å². The fourth-order valence-electron chi connectivity index (χ4n) is 2.49. The van der Waals surface area contributed by atoms with Crippen LogP contribution in [0.3, 0.4) is 0 Å². The number of nitrogens with one attached hydrogen (secondary N) is 2. The number of carbonyl (C=O) groups excluding carboxylic acids is 1. The molecule has 1 unspecified atom stereocenters. The van der Waals surface area contributed by atoms with Gasteiger partial charge in [-0.2, -0.15) is 4.31 Å². The van der Waals surface area contributed by atoms with Crippen LogP contribution in [0.2, 0.25) is 0 Å². The molecule has 1 aliphatic heterocycles. The fourth-order valence-corrected chi connectivity index (χ4v) is 5.40. The van der Waals surface area contributed by atoms with Crippen LogP contribution in [0.5, 0.6) is 0 Å². The Kier molecular flexibility index (Phi) is 5.96. The number of nitrogens with zero attached hydrogens (tertiary/aromatic N) is 1. The van der Waals surface area contributed by atoms with Gasteiger partial charge in [0.1, 0.15) is 4.21 Å². The molecular weight excluding hydrogens is 322 g/mol. The summed E-state index contributed by atoms with van der Waals surface area (Å²) in [4.78, 5) is 12.8. The number of carbonyl (C=O) groups is 1. The molecule has 0 spiro atoms. The van der Waals surface area contributed by atoms with E-state index in [1.54, 1.807) is 12.1 Å². The second-order valence-electron chi connectivity index (χ2n) is 5.18. The molecule has 8 heteroatoms. The van der Waals surface area contributed by atoms with E-state index < -0.39 is 10.0 Å². The maximum atomic E-state index is 12.4. The smallest absolute Gasteiger partial charge is 0.252 e. The van der Waals surface area contributed by atoms with Crippen LogP contribution in [0, 0.1) is 0 Å². The first-order chi connectivity index (χ1) is 10.5. The molecule has 2 heterocycles. The van der Waals surface area contributed by atoms with Gasteiger partial charge in [-0.3, -0.25) is 4.79 Å². The summed E-state index contributed by atoms with van der Waals surface area (Å²) >= 11 is 1.22. The summed E-state index contributed by atoms with van der Waals surface area (Å²) in [5.41, 5.74) is 0. The van der Waals surface area contributed by atoms with Crippen molar-refractivity contribution in [3.05, 3.63) is 17.0 Å². The number of hydrogen-bond acceptors (Lipinski definition) is 5. The van der Waals surface area contributed by atoms with Crippen molar-refractivity contribution in [3.63, 3.8) is 0 Å². The number of amides is 1. The predicted molar refractivity (Wildman–Crippen MR) is 87.3 cm³/mol. The molecule has 22 heavy (non-hydrogen) atoms. The molecule has 0 aliphatic carbocycles. The molecule has 0 aromatic carbocycles. The summed E-state index contributed by atoms with van der Waals surface area (Å²) < 4.78 is 26.6. The Morgan fingerprint density at radius 2 is 2.14 bits per heavy atom. The van der Waals surface area contributed by atoms with Gasteiger partial charge in [-0.25, -0.2) is 8.42 Å². The lowest BCUT2D eigenvalue weighted by Crippen LogP contribution is -2.39. The first kappa shape index (κ1) is 17.4. The zero-order valence-electron chi connectivity index (χ0n) is 13.0. The molecule has 0 radical (unpaired) electrons. The largest absolute Gasteiger partial charge is 0.350 e. The standard InChI is InChI=1S/C14H23N3O3S2/c1-3-17(4-2)22(19,20)13-8-7-11(21-13)10-16-14(18)12-6-5-9-15-12/h7-8,12,15H,3-6,9-10H2,1-2H3,(H,16,18). The molecule has 1 aromatic rings. The highest BCUT2D eigenvalue weighted by molar-refractivity contribution is 7.91. The van der Waals surface area contributed by atoms with E-state index in [1.165, 1.54) is 15.6 Å². The van der Waals surface area contributed by atoms with Crippen molar-refractivity contribution in [2.24, 2.45) is 0 Å². The molecule has 1 saturated heterocycles. The Balaban J connectivity index is 1.98. The van der Waals surface area contributed by atoms with Crippen molar-refractivity contribution >= 4 is 27.3 Å². The van der Waals surface area contributed by atoms with Crippen molar-refractivity contribution in [2.75, 3.05) is 19.6 Å². The minimum Gasteiger partial charge on any atom is -0.350 e. The highest BCUT2D eigenvalue weighted by Crippen LogP contribution is 2.24. The third-order valence-corrected chi connectivity index (χ3v) is 7.35. The topological polar surface area (TPSA) is 78.5 Å². The molecule has 1 fully saturated rings. The SMILES string of the molecule is CCN(CC)S(=O)(=O)c1ccc(CNC(=O)C2CCCN2)s1. The molecule has 2 rings (SSSR count). The Labute approximate surface area is 135 Å². The summed E-state index contributed by atoms with van der Waals surface area (Å²) in [6.07, 6.45) is 1.88. The molecule has 0 saturated carbocycles. The van der Waals surface area contributed by atoms with Gasteiger partial charge in [-0.1, -0.05) is 13.8 Å². The van der Waals surface area contributed by atoms with Gasteiger partial charge in [0.2, 0.25) is 5.91 Å².